The van der Waals surface area contributed by atoms with Gasteiger partial charge in [-0.2, -0.15) is 0 Å². The van der Waals surface area contributed by atoms with Crippen molar-refractivity contribution in [3.8, 4) is 0 Å². The molecule has 0 saturated carbocycles. The van der Waals surface area contributed by atoms with Gasteiger partial charge in [-0.25, -0.2) is 9.59 Å². The van der Waals surface area contributed by atoms with Crippen molar-refractivity contribution in [1.29, 1.82) is 0 Å². The van der Waals surface area contributed by atoms with Gasteiger partial charge in [0, 0.05) is 5.57 Å². The fraction of sp³-hybridized carbons (Fsp3) is 0.688. The molecule has 6 nitrogen and oxygen atoms in total. The van der Waals surface area contributed by atoms with Crippen LogP contribution in [0.15, 0.2) is 12.2 Å². The zero-order valence-electron chi connectivity index (χ0n) is 13.4. The molecule has 126 valence electrons. The standard InChI is InChI=1S/C16H26O6/c1-4-5-6-7-8-9-10-21-16(20)13(3)22-15(19)12(2)11-14(17)18/h13H,2,4-11H2,1,3H3,(H,17,18). The monoisotopic (exact) mass is 314 g/mol. The minimum Gasteiger partial charge on any atom is -0.481 e. The summed E-state index contributed by atoms with van der Waals surface area (Å²) >= 11 is 0. The molecule has 0 rings (SSSR count). The number of unbranched alkanes of at least 4 members (excludes halogenated alkanes) is 5. The first-order chi connectivity index (χ1) is 10.4. The lowest BCUT2D eigenvalue weighted by Gasteiger charge is -2.13. The maximum absolute atomic E-state index is 11.6. The number of aliphatic carboxylic acids is 1. The average molecular weight is 314 g/mol. The molecule has 0 radical (unpaired) electrons. The van der Waals surface area contributed by atoms with Gasteiger partial charge in [0.05, 0.1) is 13.0 Å². The van der Waals surface area contributed by atoms with Crippen LogP contribution in [0.3, 0.4) is 0 Å². The summed E-state index contributed by atoms with van der Waals surface area (Å²) in [7, 11) is 0. The van der Waals surface area contributed by atoms with E-state index in [0.717, 1.165) is 19.3 Å². The molecule has 1 unspecified atom stereocenters. The highest BCUT2D eigenvalue weighted by Gasteiger charge is 2.21. The van der Waals surface area contributed by atoms with Crippen LogP contribution in [0.1, 0.15) is 58.8 Å². The number of ether oxygens (including phenoxy) is 2. The first-order valence-electron chi connectivity index (χ1n) is 7.65. The molecule has 0 aromatic rings. The lowest BCUT2D eigenvalue weighted by molar-refractivity contribution is -0.164. The van der Waals surface area contributed by atoms with Crippen LogP contribution in [-0.4, -0.2) is 35.7 Å². The predicted molar refractivity (Wildman–Crippen MR) is 81.3 cm³/mol. The van der Waals surface area contributed by atoms with Gasteiger partial charge < -0.3 is 14.6 Å². The molecule has 1 atom stereocenters. The average Bonchev–Trinajstić information content (AvgIpc) is 2.45. The molecule has 0 saturated heterocycles. The number of carboxylic acid groups (broad SMARTS) is 1. The highest BCUT2D eigenvalue weighted by atomic mass is 16.6. The van der Waals surface area contributed by atoms with Gasteiger partial charge in [-0.15, -0.1) is 0 Å². The second-order valence-corrected chi connectivity index (χ2v) is 5.16. The Labute approximate surface area is 131 Å². The Morgan fingerprint density at radius 1 is 1.09 bits per heavy atom. The quantitative estimate of drug-likeness (QED) is 0.338. The summed E-state index contributed by atoms with van der Waals surface area (Å²) in [5.41, 5.74) is -0.205. The summed E-state index contributed by atoms with van der Waals surface area (Å²) in [6.45, 7) is 7.14. The van der Waals surface area contributed by atoms with Crippen molar-refractivity contribution < 1.29 is 29.0 Å². The van der Waals surface area contributed by atoms with Gasteiger partial charge >= 0.3 is 17.9 Å². The number of carbonyl (C=O) groups is 3. The first-order valence-corrected chi connectivity index (χ1v) is 7.65. The molecule has 0 aliphatic carbocycles. The third-order valence-corrected chi connectivity index (χ3v) is 3.01. The predicted octanol–water partition coefficient (Wildman–Crippen LogP) is 2.85. The largest absolute Gasteiger partial charge is 0.481 e. The number of carbonyl (C=O) groups excluding carboxylic acids is 2. The van der Waals surface area contributed by atoms with Gasteiger partial charge in [-0.1, -0.05) is 45.6 Å². The molecule has 0 heterocycles. The Balaban J connectivity index is 3.85. The Hall–Kier alpha value is -1.85. The molecular weight excluding hydrogens is 288 g/mol. The topological polar surface area (TPSA) is 89.9 Å². The Morgan fingerprint density at radius 3 is 2.27 bits per heavy atom. The molecule has 0 amide bonds. The molecule has 0 spiro atoms. The zero-order chi connectivity index (χ0) is 17.0. The summed E-state index contributed by atoms with van der Waals surface area (Å²) in [6.07, 6.45) is 4.89. The third kappa shape index (κ3) is 9.96. The SMILES string of the molecule is C=C(CC(=O)O)C(=O)OC(C)C(=O)OCCCCCCCC. The fourth-order valence-electron chi connectivity index (χ4n) is 1.72. The molecule has 0 aromatic carbocycles. The van der Waals surface area contributed by atoms with E-state index in [0.29, 0.717) is 6.61 Å². The van der Waals surface area contributed by atoms with E-state index < -0.39 is 30.4 Å². The van der Waals surface area contributed by atoms with E-state index in [9.17, 15) is 14.4 Å². The van der Waals surface area contributed by atoms with Crippen LogP contribution in [0.2, 0.25) is 0 Å². The molecular formula is C16H26O6. The number of hydrogen-bond donors (Lipinski definition) is 1. The fourth-order valence-corrected chi connectivity index (χ4v) is 1.72. The molecule has 6 heteroatoms. The molecule has 0 fully saturated rings. The van der Waals surface area contributed by atoms with Crippen LogP contribution in [0.4, 0.5) is 0 Å². The summed E-state index contributed by atoms with van der Waals surface area (Å²) in [5.74, 6) is -2.71. The molecule has 22 heavy (non-hydrogen) atoms. The molecule has 1 N–H and O–H groups in total. The van der Waals surface area contributed by atoms with Crippen LogP contribution >= 0.6 is 0 Å². The van der Waals surface area contributed by atoms with Gasteiger partial charge in [-0.05, 0) is 13.3 Å². The van der Waals surface area contributed by atoms with E-state index in [1.54, 1.807) is 0 Å². The minimum atomic E-state index is -1.18. The number of rotatable bonds is 12. The van der Waals surface area contributed by atoms with E-state index in [1.807, 2.05) is 0 Å². The van der Waals surface area contributed by atoms with E-state index in [-0.39, 0.29) is 5.57 Å². The van der Waals surface area contributed by atoms with Crippen LogP contribution in [-0.2, 0) is 23.9 Å². The molecule has 0 aromatic heterocycles. The van der Waals surface area contributed by atoms with E-state index in [4.69, 9.17) is 14.6 Å². The first kappa shape index (κ1) is 20.1. The Kier molecular flexibility index (Phi) is 10.8. The smallest absolute Gasteiger partial charge is 0.347 e. The second-order valence-electron chi connectivity index (χ2n) is 5.16. The number of esters is 2. The van der Waals surface area contributed by atoms with Gasteiger partial charge in [0.1, 0.15) is 0 Å². The minimum absolute atomic E-state index is 0.205. The van der Waals surface area contributed by atoms with Crippen molar-refractivity contribution in [2.45, 2.75) is 64.9 Å². The lowest BCUT2D eigenvalue weighted by atomic mass is 10.1. The maximum Gasteiger partial charge on any atom is 0.347 e. The summed E-state index contributed by atoms with van der Waals surface area (Å²) in [5, 5.41) is 8.54. The van der Waals surface area contributed by atoms with Gasteiger partial charge in [0.2, 0.25) is 0 Å². The lowest BCUT2D eigenvalue weighted by Crippen LogP contribution is -2.27. The van der Waals surface area contributed by atoms with Crippen molar-refractivity contribution >= 4 is 17.9 Å². The van der Waals surface area contributed by atoms with Crippen molar-refractivity contribution in [1.82, 2.24) is 0 Å². The van der Waals surface area contributed by atoms with Crippen molar-refractivity contribution in [2.24, 2.45) is 0 Å². The Morgan fingerprint density at radius 2 is 1.68 bits per heavy atom. The van der Waals surface area contributed by atoms with Crippen LogP contribution in [0.5, 0.6) is 0 Å². The van der Waals surface area contributed by atoms with Gasteiger partial charge in [-0.3, -0.25) is 4.79 Å². The van der Waals surface area contributed by atoms with Crippen LogP contribution < -0.4 is 0 Å². The third-order valence-electron chi connectivity index (χ3n) is 3.01. The molecule has 0 aliphatic rings. The van der Waals surface area contributed by atoms with E-state index in [2.05, 4.69) is 13.5 Å². The summed E-state index contributed by atoms with van der Waals surface area (Å²) in [4.78, 5) is 33.5. The molecule has 0 bridgehead atoms. The number of carboxylic acids is 1. The summed E-state index contributed by atoms with van der Waals surface area (Å²) in [6, 6.07) is 0. The van der Waals surface area contributed by atoms with Crippen molar-refractivity contribution in [3.63, 3.8) is 0 Å². The maximum atomic E-state index is 11.6. The van der Waals surface area contributed by atoms with Gasteiger partial charge in [0.25, 0.3) is 0 Å². The summed E-state index contributed by atoms with van der Waals surface area (Å²) < 4.78 is 9.82. The number of hydrogen-bond acceptors (Lipinski definition) is 5. The normalized spacial score (nSPS) is 11.5. The van der Waals surface area contributed by atoms with Gasteiger partial charge in [0.15, 0.2) is 6.10 Å². The van der Waals surface area contributed by atoms with Crippen molar-refractivity contribution in [2.75, 3.05) is 6.61 Å². The second kappa shape index (κ2) is 11.8. The molecule has 0 aliphatic heterocycles. The zero-order valence-corrected chi connectivity index (χ0v) is 13.4. The van der Waals surface area contributed by atoms with E-state index >= 15 is 0 Å². The van der Waals surface area contributed by atoms with Crippen LogP contribution in [0, 0.1) is 0 Å². The highest BCUT2D eigenvalue weighted by molar-refractivity contribution is 5.94. The van der Waals surface area contributed by atoms with Crippen LogP contribution in [0.25, 0.3) is 0 Å². The Bertz CT molecular complexity index is 388. The highest BCUT2D eigenvalue weighted by Crippen LogP contribution is 2.07. The van der Waals surface area contributed by atoms with Crippen molar-refractivity contribution in [3.05, 3.63) is 12.2 Å². The van der Waals surface area contributed by atoms with E-state index in [1.165, 1.54) is 26.2 Å².